The Morgan fingerprint density at radius 1 is 1.27 bits per heavy atom. The minimum atomic E-state index is 0.577. The van der Waals surface area contributed by atoms with E-state index >= 15 is 0 Å². The van der Waals surface area contributed by atoms with Crippen molar-refractivity contribution in [2.24, 2.45) is 0 Å². The monoisotopic (exact) mass is 201 g/mol. The highest BCUT2D eigenvalue weighted by atomic mass is 16.1. The van der Waals surface area contributed by atoms with E-state index in [0.717, 1.165) is 23.5 Å². The summed E-state index contributed by atoms with van der Waals surface area (Å²) in [5.74, 6) is 0.777. The molecule has 0 unspecified atom stereocenters. The number of pyridine rings is 1. The molecule has 0 aliphatic carbocycles. The third-order valence-corrected chi connectivity index (χ3v) is 2.41. The van der Waals surface area contributed by atoms with Gasteiger partial charge in [-0.1, -0.05) is 0 Å². The topological polar surface area (TPSA) is 47.8 Å². The number of aldehydes is 1. The van der Waals surface area contributed by atoms with Gasteiger partial charge in [-0.2, -0.15) is 0 Å². The lowest BCUT2D eigenvalue weighted by molar-refractivity contribution is 0.112. The molecule has 0 bridgehead atoms. The number of aryl methyl sites for hydroxylation is 1. The molecule has 0 aromatic carbocycles. The van der Waals surface area contributed by atoms with Crippen LogP contribution in [0.15, 0.2) is 24.7 Å². The molecule has 2 aromatic heterocycles. The first-order chi connectivity index (χ1) is 7.22. The highest BCUT2D eigenvalue weighted by Crippen LogP contribution is 2.11. The van der Waals surface area contributed by atoms with E-state index in [1.165, 1.54) is 0 Å². The zero-order valence-electron chi connectivity index (χ0n) is 8.64. The molecule has 2 rings (SSSR count). The van der Waals surface area contributed by atoms with Gasteiger partial charge in [0.2, 0.25) is 0 Å². The molecule has 0 saturated heterocycles. The average Bonchev–Trinajstić information content (AvgIpc) is 2.60. The third-order valence-electron chi connectivity index (χ3n) is 2.41. The largest absolute Gasteiger partial charge is 0.298 e. The van der Waals surface area contributed by atoms with Crippen LogP contribution in [0.25, 0.3) is 5.82 Å². The van der Waals surface area contributed by atoms with Crippen LogP contribution >= 0.6 is 0 Å². The molecule has 0 aliphatic heterocycles. The Kier molecular flexibility index (Phi) is 2.33. The highest BCUT2D eigenvalue weighted by Gasteiger charge is 2.04. The second kappa shape index (κ2) is 3.65. The van der Waals surface area contributed by atoms with Crippen LogP contribution in [0.2, 0.25) is 0 Å². The molecular weight excluding hydrogens is 190 g/mol. The number of carbonyl (C=O) groups is 1. The van der Waals surface area contributed by atoms with E-state index in [9.17, 15) is 4.79 Å². The van der Waals surface area contributed by atoms with E-state index in [1.807, 2.05) is 18.4 Å². The molecule has 4 nitrogen and oxygen atoms in total. The SMILES string of the molecule is Cc1ncn(-c2ccc(C=O)cn2)c1C. The summed E-state index contributed by atoms with van der Waals surface area (Å²) in [6.07, 6.45) is 4.06. The number of imidazole rings is 1. The van der Waals surface area contributed by atoms with Gasteiger partial charge in [0.1, 0.15) is 12.1 Å². The van der Waals surface area contributed by atoms with Gasteiger partial charge < -0.3 is 0 Å². The lowest BCUT2D eigenvalue weighted by Gasteiger charge is -2.03. The van der Waals surface area contributed by atoms with Gasteiger partial charge in [-0.05, 0) is 26.0 Å². The van der Waals surface area contributed by atoms with Crippen molar-refractivity contribution in [2.45, 2.75) is 13.8 Å². The second-order valence-electron chi connectivity index (χ2n) is 3.35. The van der Waals surface area contributed by atoms with E-state index in [2.05, 4.69) is 9.97 Å². The van der Waals surface area contributed by atoms with Crippen LogP contribution in [0.3, 0.4) is 0 Å². The standard InChI is InChI=1S/C11H11N3O/c1-8-9(2)14(7-13-8)11-4-3-10(6-15)5-12-11/h3-7H,1-2H3. The summed E-state index contributed by atoms with van der Waals surface area (Å²) < 4.78 is 1.89. The molecule has 15 heavy (non-hydrogen) atoms. The van der Waals surface area contributed by atoms with Crippen LogP contribution in [0, 0.1) is 13.8 Å². The Morgan fingerprint density at radius 2 is 2.07 bits per heavy atom. The van der Waals surface area contributed by atoms with E-state index in [0.29, 0.717) is 5.56 Å². The molecule has 2 heterocycles. The fourth-order valence-electron chi connectivity index (χ4n) is 1.34. The molecule has 0 aliphatic rings. The molecule has 0 radical (unpaired) electrons. The van der Waals surface area contributed by atoms with Gasteiger partial charge in [0.15, 0.2) is 6.29 Å². The third kappa shape index (κ3) is 1.66. The maximum absolute atomic E-state index is 10.5. The van der Waals surface area contributed by atoms with Crippen LogP contribution in [0.4, 0.5) is 0 Å². The molecule has 0 atom stereocenters. The molecule has 2 aromatic rings. The number of carbonyl (C=O) groups excluding carboxylic acids is 1. The lowest BCUT2D eigenvalue weighted by atomic mass is 10.3. The van der Waals surface area contributed by atoms with Crippen molar-refractivity contribution in [3.63, 3.8) is 0 Å². The van der Waals surface area contributed by atoms with Crippen LogP contribution < -0.4 is 0 Å². The Balaban J connectivity index is 2.45. The first-order valence-electron chi connectivity index (χ1n) is 4.64. The Bertz CT molecular complexity index is 485. The van der Waals surface area contributed by atoms with Gasteiger partial charge >= 0.3 is 0 Å². The molecule has 0 N–H and O–H groups in total. The Morgan fingerprint density at radius 3 is 2.53 bits per heavy atom. The number of hydrogen-bond acceptors (Lipinski definition) is 3. The predicted molar refractivity (Wildman–Crippen MR) is 56.2 cm³/mol. The molecule has 0 saturated carbocycles. The molecule has 76 valence electrons. The molecule has 0 spiro atoms. The van der Waals surface area contributed by atoms with Crippen molar-refractivity contribution in [2.75, 3.05) is 0 Å². The first kappa shape index (κ1) is 9.58. The fraction of sp³-hybridized carbons (Fsp3) is 0.182. The lowest BCUT2D eigenvalue weighted by Crippen LogP contribution is -1.98. The van der Waals surface area contributed by atoms with Crippen molar-refractivity contribution in [3.05, 3.63) is 41.6 Å². The van der Waals surface area contributed by atoms with Gasteiger partial charge in [0.25, 0.3) is 0 Å². The zero-order chi connectivity index (χ0) is 10.8. The van der Waals surface area contributed by atoms with E-state index in [4.69, 9.17) is 0 Å². The maximum Gasteiger partial charge on any atom is 0.151 e. The van der Waals surface area contributed by atoms with Gasteiger partial charge in [0.05, 0.1) is 5.69 Å². The van der Waals surface area contributed by atoms with Crippen molar-refractivity contribution in [1.29, 1.82) is 0 Å². The first-order valence-corrected chi connectivity index (χ1v) is 4.64. The van der Waals surface area contributed by atoms with Gasteiger partial charge in [-0.3, -0.25) is 9.36 Å². The minimum absolute atomic E-state index is 0.577. The summed E-state index contributed by atoms with van der Waals surface area (Å²) >= 11 is 0. The van der Waals surface area contributed by atoms with Crippen LogP contribution in [-0.2, 0) is 0 Å². The average molecular weight is 201 g/mol. The molecular formula is C11H11N3O. The number of nitrogens with zero attached hydrogens (tertiary/aromatic N) is 3. The van der Waals surface area contributed by atoms with Gasteiger partial charge in [-0.25, -0.2) is 9.97 Å². The number of rotatable bonds is 2. The van der Waals surface area contributed by atoms with Gasteiger partial charge in [-0.15, -0.1) is 0 Å². The van der Waals surface area contributed by atoms with Crippen LogP contribution in [0.1, 0.15) is 21.7 Å². The minimum Gasteiger partial charge on any atom is -0.298 e. The van der Waals surface area contributed by atoms with Crippen molar-refractivity contribution in [1.82, 2.24) is 14.5 Å². The maximum atomic E-state index is 10.5. The smallest absolute Gasteiger partial charge is 0.151 e. The van der Waals surface area contributed by atoms with Gasteiger partial charge in [0, 0.05) is 17.5 Å². The fourth-order valence-corrected chi connectivity index (χ4v) is 1.34. The number of aromatic nitrogens is 3. The van der Waals surface area contributed by atoms with Crippen molar-refractivity contribution < 1.29 is 4.79 Å². The molecule has 0 amide bonds. The highest BCUT2D eigenvalue weighted by molar-refractivity contribution is 5.74. The van der Waals surface area contributed by atoms with Crippen molar-refractivity contribution in [3.8, 4) is 5.82 Å². The summed E-state index contributed by atoms with van der Waals surface area (Å²) in [5.41, 5.74) is 2.62. The van der Waals surface area contributed by atoms with Crippen LogP contribution in [-0.4, -0.2) is 20.8 Å². The van der Waals surface area contributed by atoms with E-state index in [1.54, 1.807) is 24.7 Å². The zero-order valence-corrected chi connectivity index (χ0v) is 8.64. The summed E-state index contributed by atoms with van der Waals surface area (Å²) in [4.78, 5) is 18.8. The molecule has 0 fully saturated rings. The Hall–Kier alpha value is -1.97. The quantitative estimate of drug-likeness (QED) is 0.695. The van der Waals surface area contributed by atoms with E-state index in [-0.39, 0.29) is 0 Å². The number of hydrogen-bond donors (Lipinski definition) is 0. The summed E-state index contributed by atoms with van der Waals surface area (Å²) in [6, 6.07) is 3.54. The summed E-state index contributed by atoms with van der Waals surface area (Å²) in [6.45, 7) is 3.93. The van der Waals surface area contributed by atoms with Crippen molar-refractivity contribution >= 4 is 6.29 Å². The Labute approximate surface area is 87.6 Å². The normalized spacial score (nSPS) is 10.3. The summed E-state index contributed by atoms with van der Waals surface area (Å²) in [7, 11) is 0. The summed E-state index contributed by atoms with van der Waals surface area (Å²) in [5, 5.41) is 0. The van der Waals surface area contributed by atoms with E-state index < -0.39 is 0 Å². The van der Waals surface area contributed by atoms with Crippen LogP contribution in [0.5, 0.6) is 0 Å². The molecule has 4 heteroatoms. The second-order valence-corrected chi connectivity index (χ2v) is 3.35. The predicted octanol–water partition coefficient (Wildman–Crippen LogP) is 1.70.